The van der Waals surface area contributed by atoms with Crippen molar-refractivity contribution in [1.82, 2.24) is 19.5 Å². The fourth-order valence-electron chi connectivity index (χ4n) is 4.21. The van der Waals surface area contributed by atoms with E-state index < -0.39 is 0 Å². The van der Waals surface area contributed by atoms with E-state index in [1.807, 2.05) is 0 Å². The fraction of sp³-hybridized carbons (Fsp3) is 0.706. The van der Waals surface area contributed by atoms with Gasteiger partial charge in [0, 0.05) is 19.1 Å². The highest BCUT2D eigenvalue weighted by atomic mass is 16.2. The second kappa shape index (κ2) is 5.22. The van der Waals surface area contributed by atoms with Gasteiger partial charge in [-0.1, -0.05) is 0 Å². The third-order valence-electron chi connectivity index (χ3n) is 5.73. The van der Waals surface area contributed by atoms with Crippen LogP contribution >= 0.6 is 0 Å². The van der Waals surface area contributed by atoms with Crippen molar-refractivity contribution in [2.75, 3.05) is 18.0 Å². The maximum absolute atomic E-state index is 12.6. The molecule has 2 N–H and O–H groups in total. The van der Waals surface area contributed by atoms with E-state index in [1.54, 1.807) is 4.57 Å². The van der Waals surface area contributed by atoms with Crippen molar-refractivity contribution < 1.29 is 0 Å². The molecule has 0 bridgehead atoms. The summed E-state index contributed by atoms with van der Waals surface area (Å²) in [6.07, 6.45) is 8.25. The second-order valence-electron chi connectivity index (χ2n) is 7.60. The fourth-order valence-corrected chi connectivity index (χ4v) is 4.21. The maximum atomic E-state index is 12.6. The molecule has 5 rings (SSSR count). The van der Waals surface area contributed by atoms with Crippen LogP contribution in [-0.4, -0.2) is 32.6 Å². The van der Waals surface area contributed by atoms with Gasteiger partial charge in [-0.25, -0.2) is 4.79 Å². The Balaban J connectivity index is 1.66. The Labute approximate surface area is 139 Å². The Morgan fingerprint density at radius 1 is 0.958 bits per heavy atom. The van der Waals surface area contributed by atoms with Crippen LogP contribution in [0.3, 0.4) is 0 Å². The first-order valence-electron chi connectivity index (χ1n) is 9.22. The lowest BCUT2D eigenvalue weighted by molar-refractivity contribution is 0.388. The van der Waals surface area contributed by atoms with Gasteiger partial charge in [0.1, 0.15) is 0 Å². The molecule has 1 aliphatic heterocycles. The number of H-pyrrole nitrogens is 2. The lowest BCUT2D eigenvalue weighted by atomic mass is 10.1. The molecule has 0 atom stereocenters. The lowest BCUT2D eigenvalue weighted by Crippen LogP contribution is -2.34. The molecule has 0 spiro atoms. The number of anilines is 1. The van der Waals surface area contributed by atoms with E-state index >= 15 is 0 Å². The van der Waals surface area contributed by atoms with Crippen LogP contribution in [0.2, 0.25) is 0 Å². The monoisotopic (exact) mass is 329 g/mol. The van der Waals surface area contributed by atoms with Gasteiger partial charge in [0.2, 0.25) is 5.95 Å². The van der Waals surface area contributed by atoms with Gasteiger partial charge in [-0.15, -0.1) is 0 Å². The van der Waals surface area contributed by atoms with Crippen LogP contribution < -0.4 is 16.1 Å². The Morgan fingerprint density at radius 2 is 1.62 bits per heavy atom. The Kier molecular flexibility index (Phi) is 3.11. The van der Waals surface area contributed by atoms with Crippen molar-refractivity contribution in [2.24, 2.45) is 11.8 Å². The molecular formula is C17H23N5O2. The Morgan fingerprint density at radius 3 is 2.25 bits per heavy atom. The number of hydrogen-bond acceptors (Lipinski definition) is 4. The minimum absolute atomic E-state index is 0.203. The Bertz CT molecular complexity index is 868. The number of fused-ring (bicyclic) bond motifs is 1. The summed E-state index contributed by atoms with van der Waals surface area (Å²) in [5, 5.41) is 0. The van der Waals surface area contributed by atoms with Gasteiger partial charge in [0.25, 0.3) is 5.56 Å². The van der Waals surface area contributed by atoms with Gasteiger partial charge in [0.15, 0.2) is 11.2 Å². The minimum Gasteiger partial charge on any atom is -0.342 e. The summed E-state index contributed by atoms with van der Waals surface area (Å²) >= 11 is 0. The van der Waals surface area contributed by atoms with E-state index in [2.05, 4.69) is 14.9 Å². The number of hydrogen-bond donors (Lipinski definition) is 2. The van der Waals surface area contributed by atoms with Gasteiger partial charge in [-0.2, -0.15) is 4.98 Å². The molecule has 7 nitrogen and oxygen atoms in total. The zero-order valence-corrected chi connectivity index (χ0v) is 13.8. The number of rotatable bonds is 4. The largest absolute Gasteiger partial charge is 0.342 e. The number of aromatic amines is 2. The molecule has 0 aromatic carbocycles. The minimum atomic E-state index is -0.354. The quantitative estimate of drug-likeness (QED) is 0.895. The molecule has 2 aromatic heterocycles. The SMILES string of the molecule is O=c1[nH]c(=O)n(C(C2CC2)C2CC2)c2nc(N3CCCCC3)[nH]c12. The molecule has 3 heterocycles. The van der Waals surface area contributed by atoms with Gasteiger partial charge >= 0.3 is 5.69 Å². The third-order valence-corrected chi connectivity index (χ3v) is 5.73. The van der Waals surface area contributed by atoms with Gasteiger partial charge in [0.05, 0.1) is 0 Å². The molecule has 0 unspecified atom stereocenters. The normalized spacial score (nSPS) is 21.8. The summed E-state index contributed by atoms with van der Waals surface area (Å²) in [5.74, 6) is 1.87. The van der Waals surface area contributed by atoms with Gasteiger partial charge in [-0.3, -0.25) is 14.3 Å². The molecule has 128 valence electrons. The number of piperidine rings is 1. The molecule has 1 saturated heterocycles. The highest BCUT2D eigenvalue weighted by Crippen LogP contribution is 2.51. The second-order valence-corrected chi connectivity index (χ2v) is 7.60. The summed E-state index contributed by atoms with van der Waals surface area (Å²) in [4.78, 5) is 37.5. The van der Waals surface area contributed by atoms with Crippen molar-refractivity contribution >= 4 is 17.1 Å². The molecule has 24 heavy (non-hydrogen) atoms. The highest BCUT2D eigenvalue weighted by Gasteiger charge is 2.44. The van der Waals surface area contributed by atoms with E-state index in [-0.39, 0.29) is 17.3 Å². The first-order chi connectivity index (χ1) is 11.7. The van der Waals surface area contributed by atoms with Gasteiger partial charge in [-0.05, 0) is 56.8 Å². The molecule has 2 aliphatic carbocycles. The lowest BCUT2D eigenvalue weighted by Gasteiger charge is -2.25. The van der Waals surface area contributed by atoms with Crippen LogP contribution in [0.5, 0.6) is 0 Å². The molecule has 2 aromatic rings. The van der Waals surface area contributed by atoms with Crippen LogP contribution in [-0.2, 0) is 0 Å². The Hall–Kier alpha value is -2.05. The smallest absolute Gasteiger partial charge is 0.330 e. The molecule has 3 aliphatic rings. The highest BCUT2D eigenvalue weighted by molar-refractivity contribution is 5.73. The van der Waals surface area contributed by atoms with E-state index in [4.69, 9.17) is 4.98 Å². The average molecular weight is 329 g/mol. The third kappa shape index (κ3) is 2.29. The molecule has 2 saturated carbocycles. The zero-order chi connectivity index (χ0) is 16.3. The summed E-state index contributed by atoms with van der Waals surface area (Å²) < 4.78 is 1.79. The number of nitrogens with zero attached hydrogens (tertiary/aromatic N) is 3. The summed E-state index contributed by atoms with van der Waals surface area (Å²) in [6, 6.07) is 0.203. The van der Waals surface area contributed by atoms with Crippen molar-refractivity contribution in [3.05, 3.63) is 20.8 Å². The van der Waals surface area contributed by atoms with Crippen LogP contribution in [0.15, 0.2) is 9.59 Å². The van der Waals surface area contributed by atoms with Crippen molar-refractivity contribution in [3.63, 3.8) is 0 Å². The van der Waals surface area contributed by atoms with E-state index in [0.29, 0.717) is 23.0 Å². The molecule has 0 radical (unpaired) electrons. The first-order valence-corrected chi connectivity index (χ1v) is 9.22. The summed E-state index contributed by atoms with van der Waals surface area (Å²) in [7, 11) is 0. The number of imidazole rings is 1. The number of aromatic nitrogens is 4. The predicted molar refractivity (Wildman–Crippen MR) is 91.5 cm³/mol. The standard InChI is InChI=1S/C17H23N5O2/c23-15-12-14(19-16(18-12)21-8-2-1-3-9-21)22(17(24)20-15)13(10-4-5-10)11-6-7-11/h10-11,13H,1-9H2,(H,18,19)(H,20,23,24). The van der Waals surface area contributed by atoms with Crippen molar-refractivity contribution in [3.8, 4) is 0 Å². The molecule has 0 amide bonds. The van der Waals surface area contributed by atoms with Crippen LogP contribution in [0, 0.1) is 11.8 Å². The maximum Gasteiger partial charge on any atom is 0.330 e. The van der Waals surface area contributed by atoms with Crippen LogP contribution in [0.25, 0.3) is 11.2 Å². The first kappa shape index (κ1) is 14.3. The summed E-state index contributed by atoms with van der Waals surface area (Å²) in [5.41, 5.74) is 0.343. The van der Waals surface area contributed by atoms with E-state index in [0.717, 1.165) is 31.9 Å². The topological polar surface area (TPSA) is 86.8 Å². The van der Waals surface area contributed by atoms with Gasteiger partial charge < -0.3 is 9.88 Å². The zero-order valence-electron chi connectivity index (χ0n) is 13.8. The summed E-state index contributed by atoms with van der Waals surface area (Å²) in [6.45, 7) is 1.91. The van der Waals surface area contributed by atoms with Crippen molar-refractivity contribution in [1.29, 1.82) is 0 Å². The molecule has 3 fully saturated rings. The van der Waals surface area contributed by atoms with Crippen LogP contribution in [0.4, 0.5) is 5.95 Å². The van der Waals surface area contributed by atoms with E-state index in [9.17, 15) is 9.59 Å². The molecular weight excluding hydrogens is 306 g/mol. The van der Waals surface area contributed by atoms with E-state index in [1.165, 1.54) is 32.1 Å². The predicted octanol–water partition coefficient (Wildman–Crippen LogP) is 1.76. The average Bonchev–Trinajstić information content (AvgIpc) is 3.51. The number of nitrogens with one attached hydrogen (secondary N) is 2. The van der Waals surface area contributed by atoms with Crippen LogP contribution in [0.1, 0.15) is 51.0 Å². The molecule has 7 heteroatoms. The van der Waals surface area contributed by atoms with Crippen molar-refractivity contribution in [2.45, 2.75) is 51.0 Å².